The zero-order valence-corrected chi connectivity index (χ0v) is 54.4. The van der Waals surface area contributed by atoms with Crippen LogP contribution in [0.1, 0.15) is 270 Å². The summed E-state index contributed by atoms with van der Waals surface area (Å²) in [5.74, 6) is -6.51. The fourth-order valence-electron chi connectivity index (χ4n) is 8.29. The second-order valence-corrected chi connectivity index (χ2v) is 13.8. The van der Waals surface area contributed by atoms with Gasteiger partial charge in [-0.1, -0.05) is 261 Å². The lowest BCUT2D eigenvalue weighted by molar-refractivity contribution is -0.250. The third-order valence-electron chi connectivity index (χ3n) is 10.7. The normalized spacial score (nSPS) is 28.8. The lowest BCUT2D eigenvalue weighted by atomic mass is 9.58. The van der Waals surface area contributed by atoms with E-state index < -0.39 is 100 Å². The van der Waals surface area contributed by atoms with Gasteiger partial charge in [0.1, 0.15) is 17.8 Å². The summed E-state index contributed by atoms with van der Waals surface area (Å²) < 4.78 is 18.0. The predicted molar refractivity (Wildman–Crippen MR) is 311 cm³/mol. The van der Waals surface area contributed by atoms with Gasteiger partial charge in [0.25, 0.3) is 0 Å². The van der Waals surface area contributed by atoms with E-state index in [4.69, 9.17) is 14.2 Å². The smallest absolute Gasteiger partial charge is 0.333 e. The van der Waals surface area contributed by atoms with Crippen LogP contribution in [-0.2, 0) is 28.6 Å². The van der Waals surface area contributed by atoms with Crippen molar-refractivity contribution in [1.82, 2.24) is 0 Å². The van der Waals surface area contributed by atoms with Gasteiger partial charge in [0.15, 0.2) is 17.0 Å². The maximum atomic E-state index is 13.4. The molecule has 5 aliphatic rings. The van der Waals surface area contributed by atoms with Crippen LogP contribution in [0.15, 0.2) is 23.3 Å². The van der Waals surface area contributed by atoms with Crippen LogP contribution in [0.2, 0.25) is 0 Å². The summed E-state index contributed by atoms with van der Waals surface area (Å²) in [7, 11) is 0. The van der Waals surface area contributed by atoms with Crippen molar-refractivity contribution in [3.05, 3.63) is 23.3 Å². The zero-order chi connectivity index (χ0) is 60.0. The summed E-state index contributed by atoms with van der Waals surface area (Å²) in [4.78, 5) is 39.6. The van der Waals surface area contributed by atoms with E-state index in [0.717, 1.165) is 0 Å². The van der Waals surface area contributed by atoms with Gasteiger partial charge >= 0.3 is 11.9 Å². The minimum atomic E-state index is -2.26. The molecule has 4 aliphatic carbocycles. The number of carbonyl (C=O) groups excluding carboxylic acids is 3. The van der Waals surface area contributed by atoms with E-state index in [1.54, 1.807) is 40.7 Å². The molecule has 0 aromatic carbocycles. The number of ketones is 1. The van der Waals surface area contributed by atoms with Crippen molar-refractivity contribution in [2.24, 2.45) is 35.0 Å². The highest BCUT2D eigenvalue weighted by Crippen LogP contribution is 2.79. The number of epoxide rings is 1. The lowest BCUT2D eigenvalue weighted by Crippen LogP contribution is -2.69. The fourth-order valence-corrected chi connectivity index (χ4v) is 8.29. The maximum Gasteiger partial charge on any atom is 0.333 e. The van der Waals surface area contributed by atoms with Crippen molar-refractivity contribution >= 4 is 17.7 Å². The molecule has 5 rings (SSSR count). The summed E-state index contributed by atoms with van der Waals surface area (Å²) in [6.45, 7) is 73.0. The summed E-state index contributed by atoms with van der Waals surface area (Å²) >= 11 is 0. The standard InChI is InChI=1S/C29H40O10.C3H8.14C2H6/c1-9-13(4)23(34)37-21-15(6)27(35)16-10-14(5)19(31)28(16,36)24-26(11-30,39-24)20(32)17(27)18-25(7,8)29(18,21)38-22(33)12(2)3;1-3-2;14*1-2/h9-10,12,15-18,20-21,24,30,32,35-36H,11H2,1-8H3;3H2,1-2H3;14*1-2H3/b13-9+;;;;;;;;;;;;;;;. The van der Waals surface area contributed by atoms with Gasteiger partial charge in [-0.15, -0.1) is 0 Å². The minimum absolute atomic E-state index is 0.219. The van der Waals surface area contributed by atoms with Crippen LogP contribution in [-0.4, -0.2) is 85.5 Å². The summed E-state index contributed by atoms with van der Waals surface area (Å²) in [5.41, 5.74) is -7.78. The Morgan fingerprint density at radius 2 is 1.07 bits per heavy atom. The van der Waals surface area contributed by atoms with Gasteiger partial charge in [0, 0.05) is 34.7 Å². The van der Waals surface area contributed by atoms with Crippen LogP contribution in [0, 0.1) is 35.0 Å². The number of hydrogen-bond acceptors (Lipinski definition) is 10. The number of allylic oxidation sites excluding steroid dienone is 1. The lowest BCUT2D eigenvalue weighted by Gasteiger charge is -2.54. The first-order valence-electron chi connectivity index (χ1n) is 29.1. The molecule has 11 atom stereocenters. The maximum absolute atomic E-state index is 13.4. The molecule has 1 aliphatic heterocycles. The number of ether oxygens (including phenoxy) is 3. The molecule has 0 radical (unpaired) electrons. The molecule has 0 bridgehead atoms. The molecule has 0 spiro atoms. The highest BCUT2D eigenvalue weighted by Gasteiger charge is 2.93. The Morgan fingerprint density at radius 1 is 0.729 bits per heavy atom. The molecule has 0 amide bonds. The first-order chi connectivity index (χ1) is 33.4. The van der Waals surface area contributed by atoms with Gasteiger partial charge in [0.2, 0.25) is 0 Å². The van der Waals surface area contributed by atoms with E-state index in [9.17, 15) is 34.8 Å². The average molecular weight is 1010 g/mol. The molecule has 10 heteroatoms. The molecule has 10 nitrogen and oxygen atoms in total. The van der Waals surface area contributed by atoms with Gasteiger partial charge < -0.3 is 34.6 Å². The molecule has 11 unspecified atom stereocenters. The Balaban J connectivity index is -0.000000106. The fraction of sp³-hybridized carbons (Fsp3) is 0.883. The van der Waals surface area contributed by atoms with Gasteiger partial charge in [-0.2, -0.15) is 0 Å². The number of fused-ring (bicyclic) bond motifs is 7. The van der Waals surface area contributed by atoms with Crippen LogP contribution in [0.25, 0.3) is 0 Å². The zero-order valence-electron chi connectivity index (χ0n) is 54.4. The number of carbonyl (C=O) groups is 3. The van der Waals surface area contributed by atoms with E-state index in [1.807, 2.05) is 208 Å². The summed E-state index contributed by atoms with van der Waals surface area (Å²) in [5, 5.41) is 47.1. The minimum Gasteiger partial charge on any atom is -0.454 e. The molecule has 0 aromatic heterocycles. The van der Waals surface area contributed by atoms with E-state index in [1.165, 1.54) is 19.4 Å². The third-order valence-corrected chi connectivity index (χ3v) is 10.7. The average Bonchev–Trinajstić information content (AvgIpc) is 4.29. The number of aliphatic hydroxyl groups excluding tert-OH is 2. The molecule has 4 fully saturated rings. The van der Waals surface area contributed by atoms with Gasteiger partial charge in [-0.3, -0.25) is 9.59 Å². The molecule has 432 valence electrons. The van der Waals surface area contributed by atoms with Crippen LogP contribution in [0.3, 0.4) is 0 Å². The van der Waals surface area contributed by atoms with E-state index in [-0.39, 0.29) is 5.57 Å². The van der Waals surface area contributed by atoms with Crippen LogP contribution in [0.4, 0.5) is 0 Å². The van der Waals surface area contributed by atoms with Gasteiger partial charge in [-0.25, -0.2) is 4.79 Å². The van der Waals surface area contributed by atoms with E-state index in [0.29, 0.717) is 5.57 Å². The second-order valence-electron chi connectivity index (χ2n) is 13.8. The Bertz CT molecular complexity index is 1230. The SMILES string of the molecule is C/C=C(\C)C(=O)OC1C(C)C2(O)C(C(O)C3(CO)OC3C3(O)C(=O)C(C)=CC32)C2C(C)(C)C12OC(=O)C(C)C.CC.CC.CC.CC.CC.CC.CC.CC.CC.CC.CC.CC.CC.CC.CCC. The number of rotatable bonds is 5. The Hall–Kier alpha value is -2.11. The van der Waals surface area contributed by atoms with Gasteiger partial charge in [-0.05, 0) is 26.3 Å². The molecule has 3 saturated carbocycles. The number of aliphatic hydroxyl groups is 4. The Kier molecular flexibility index (Phi) is 71.3. The van der Waals surface area contributed by atoms with Crippen molar-refractivity contribution < 1.29 is 49.0 Å². The van der Waals surface area contributed by atoms with Crippen molar-refractivity contribution in [2.75, 3.05) is 6.61 Å². The molecule has 70 heavy (non-hydrogen) atoms. The van der Waals surface area contributed by atoms with Crippen LogP contribution < -0.4 is 0 Å². The van der Waals surface area contributed by atoms with Crippen LogP contribution >= 0.6 is 0 Å². The largest absolute Gasteiger partial charge is 0.454 e. The monoisotopic (exact) mass is 1010 g/mol. The topological polar surface area (TPSA) is 163 Å². The van der Waals surface area contributed by atoms with E-state index >= 15 is 0 Å². The first kappa shape index (κ1) is 93.9. The van der Waals surface area contributed by atoms with Crippen molar-refractivity contribution in [3.8, 4) is 0 Å². The summed E-state index contributed by atoms with van der Waals surface area (Å²) in [6.07, 6.45) is 0.353. The molecule has 1 saturated heterocycles. The third kappa shape index (κ3) is 20.7. The van der Waals surface area contributed by atoms with E-state index in [2.05, 4.69) is 13.8 Å². The van der Waals surface area contributed by atoms with Gasteiger partial charge in [0.05, 0.1) is 24.2 Å². The number of Topliss-reactive ketones (excluding diaryl/α,β-unsaturated/α-hetero) is 1. The molecular formula is C60H132O10. The predicted octanol–water partition coefficient (Wildman–Crippen LogP) is 16.6. The Morgan fingerprint density at radius 3 is 1.37 bits per heavy atom. The Labute approximate surface area is 440 Å². The number of esters is 2. The molecular weight excluding hydrogens is 881 g/mol. The van der Waals surface area contributed by atoms with Crippen molar-refractivity contribution in [3.63, 3.8) is 0 Å². The second kappa shape index (κ2) is 53.2. The first-order valence-corrected chi connectivity index (χ1v) is 29.1. The summed E-state index contributed by atoms with van der Waals surface area (Å²) in [6, 6.07) is 0. The molecule has 1 heterocycles. The van der Waals surface area contributed by atoms with Crippen molar-refractivity contribution in [2.45, 2.75) is 310 Å². The quantitative estimate of drug-likeness (QED) is 0.118. The molecule has 4 N–H and O–H groups in total. The number of hydrogen-bond donors (Lipinski definition) is 4. The molecule has 0 aromatic rings. The highest BCUT2D eigenvalue weighted by molar-refractivity contribution is 6.05. The highest BCUT2D eigenvalue weighted by atomic mass is 16.7. The van der Waals surface area contributed by atoms with Crippen molar-refractivity contribution in [1.29, 1.82) is 0 Å². The van der Waals surface area contributed by atoms with Crippen LogP contribution in [0.5, 0.6) is 0 Å².